The van der Waals surface area contributed by atoms with Crippen LogP contribution in [0.15, 0.2) is 29.6 Å². The number of carbonyl (C=O) groups excluding carboxylic acids is 1. The van der Waals surface area contributed by atoms with Gasteiger partial charge in [-0.05, 0) is 37.6 Å². The Morgan fingerprint density at radius 1 is 1.38 bits per heavy atom. The Morgan fingerprint density at radius 2 is 2.12 bits per heavy atom. The summed E-state index contributed by atoms with van der Waals surface area (Å²) in [5.74, 6) is 0.426. The van der Waals surface area contributed by atoms with Crippen LogP contribution in [0.5, 0.6) is 5.75 Å². The van der Waals surface area contributed by atoms with Gasteiger partial charge in [-0.2, -0.15) is 0 Å². The van der Waals surface area contributed by atoms with E-state index in [0.717, 1.165) is 16.3 Å². The number of nitrogens with zero attached hydrogens (tertiary/aromatic N) is 1. The topological polar surface area (TPSA) is 85.4 Å². The lowest BCUT2D eigenvalue weighted by molar-refractivity contribution is -0.123. The van der Waals surface area contributed by atoms with Crippen molar-refractivity contribution in [3.63, 3.8) is 0 Å². The fourth-order valence-corrected chi connectivity index (χ4v) is 4.98. The van der Waals surface area contributed by atoms with Gasteiger partial charge in [0.1, 0.15) is 10.8 Å². The zero-order valence-corrected chi connectivity index (χ0v) is 14.8. The van der Waals surface area contributed by atoms with E-state index in [4.69, 9.17) is 4.74 Å². The standard InChI is InChI=1S/C16H18N2O4S2/c1-11-9-23-16(17-11)12-2-4-14(5-3-12)22-8-15(19)18-13-6-7-24(20,21)10-13/h2-5,9,13H,6-8,10H2,1H3,(H,18,19)/t13-/m0/s1. The molecule has 0 saturated carbocycles. The highest BCUT2D eigenvalue weighted by molar-refractivity contribution is 7.91. The van der Waals surface area contributed by atoms with Crippen molar-refractivity contribution < 1.29 is 17.9 Å². The predicted molar refractivity (Wildman–Crippen MR) is 93.0 cm³/mol. The Morgan fingerprint density at radius 3 is 2.71 bits per heavy atom. The molecule has 2 aromatic rings. The molecule has 128 valence electrons. The van der Waals surface area contributed by atoms with Crippen LogP contribution in [0.1, 0.15) is 12.1 Å². The van der Waals surface area contributed by atoms with E-state index in [-0.39, 0.29) is 30.1 Å². The van der Waals surface area contributed by atoms with Gasteiger partial charge in [-0.15, -0.1) is 11.3 Å². The number of aryl methyl sites for hydroxylation is 1. The van der Waals surface area contributed by atoms with Crippen LogP contribution in [-0.2, 0) is 14.6 Å². The summed E-state index contributed by atoms with van der Waals surface area (Å²) in [4.78, 5) is 16.3. The molecule has 1 aliphatic heterocycles. The average molecular weight is 366 g/mol. The van der Waals surface area contributed by atoms with Crippen LogP contribution in [0.4, 0.5) is 0 Å². The first-order valence-electron chi connectivity index (χ1n) is 7.56. The Balaban J connectivity index is 1.50. The minimum absolute atomic E-state index is 0.0146. The maximum Gasteiger partial charge on any atom is 0.258 e. The first-order valence-corrected chi connectivity index (χ1v) is 10.3. The number of nitrogens with one attached hydrogen (secondary N) is 1. The van der Waals surface area contributed by atoms with Crippen molar-refractivity contribution >= 4 is 27.1 Å². The fourth-order valence-electron chi connectivity index (χ4n) is 2.51. The lowest BCUT2D eigenvalue weighted by atomic mass is 10.2. The molecule has 0 aliphatic carbocycles. The summed E-state index contributed by atoms with van der Waals surface area (Å²) in [6.07, 6.45) is 0.468. The number of sulfone groups is 1. The zero-order chi connectivity index (χ0) is 17.2. The molecule has 0 unspecified atom stereocenters. The molecule has 1 aromatic carbocycles. The third-order valence-electron chi connectivity index (χ3n) is 3.69. The van der Waals surface area contributed by atoms with E-state index in [2.05, 4.69) is 10.3 Å². The summed E-state index contributed by atoms with van der Waals surface area (Å²) < 4.78 is 28.2. The lowest BCUT2D eigenvalue weighted by Crippen LogP contribution is -2.38. The minimum Gasteiger partial charge on any atom is -0.484 e. The van der Waals surface area contributed by atoms with Crippen LogP contribution in [-0.4, -0.2) is 43.5 Å². The normalized spacial score (nSPS) is 19.1. The Kier molecular flexibility index (Phi) is 4.86. The molecule has 1 atom stereocenters. The minimum atomic E-state index is -3.00. The average Bonchev–Trinajstić information content (AvgIpc) is 3.11. The Labute approximate surface area is 144 Å². The second-order valence-corrected chi connectivity index (χ2v) is 8.86. The number of thiazole rings is 1. The second-order valence-electron chi connectivity index (χ2n) is 5.77. The van der Waals surface area contributed by atoms with Crippen molar-refractivity contribution in [2.24, 2.45) is 0 Å². The van der Waals surface area contributed by atoms with Crippen LogP contribution >= 0.6 is 11.3 Å². The van der Waals surface area contributed by atoms with Gasteiger partial charge in [-0.1, -0.05) is 0 Å². The molecular weight excluding hydrogens is 348 g/mol. The summed E-state index contributed by atoms with van der Waals surface area (Å²) in [7, 11) is -3.00. The summed E-state index contributed by atoms with van der Waals surface area (Å²) in [6, 6.07) is 7.07. The first kappa shape index (κ1) is 16.9. The molecule has 6 nitrogen and oxygen atoms in total. The van der Waals surface area contributed by atoms with Gasteiger partial charge in [0.05, 0.1) is 11.5 Å². The quantitative estimate of drug-likeness (QED) is 0.872. The summed E-state index contributed by atoms with van der Waals surface area (Å²) >= 11 is 1.58. The highest BCUT2D eigenvalue weighted by atomic mass is 32.2. The van der Waals surface area contributed by atoms with Crippen LogP contribution < -0.4 is 10.1 Å². The summed E-state index contributed by atoms with van der Waals surface area (Å²) in [6.45, 7) is 1.82. The highest BCUT2D eigenvalue weighted by Crippen LogP contribution is 2.25. The van der Waals surface area contributed by atoms with Crippen LogP contribution in [0, 0.1) is 6.92 Å². The van der Waals surface area contributed by atoms with E-state index in [1.807, 2.05) is 24.4 Å². The number of aromatic nitrogens is 1. The van der Waals surface area contributed by atoms with Gasteiger partial charge in [0.25, 0.3) is 5.91 Å². The van der Waals surface area contributed by atoms with Crippen molar-refractivity contribution in [2.45, 2.75) is 19.4 Å². The van der Waals surface area contributed by atoms with E-state index < -0.39 is 9.84 Å². The number of amides is 1. The van der Waals surface area contributed by atoms with Gasteiger partial charge in [-0.25, -0.2) is 13.4 Å². The second kappa shape index (κ2) is 6.90. The van der Waals surface area contributed by atoms with E-state index >= 15 is 0 Å². The molecule has 1 amide bonds. The van der Waals surface area contributed by atoms with Crippen molar-refractivity contribution in [3.8, 4) is 16.3 Å². The van der Waals surface area contributed by atoms with E-state index in [1.54, 1.807) is 23.5 Å². The van der Waals surface area contributed by atoms with Crippen molar-refractivity contribution in [1.29, 1.82) is 0 Å². The molecular formula is C16H18N2O4S2. The molecule has 1 saturated heterocycles. The van der Waals surface area contributed by atoms with Crippen LogP contribution in [0.2, 0.25) is 0 Å². The number of ether oxygens (including phenoxy) is 1. The molecule has 8 heteroatoms. The summed E-state index contributed by atoms with van der Waals surface area (Å²) in [5.41, 5.74) is 1.99. The third kappa shape index (κ3) is 4.33. The predicted octanol–water partition coefficient (Wildman–Crippen LogP) is 1.80. The number of hydrogen-bond donors (Lipinski definition) is 1. The van der Waals surface area contributed by atoms with Gasteiger partial charge in [-0.3, -0.25) is 4.79 Å². The third-order valence-corrected chi connectivity index (χ3v) is 6.46. The molecule has 1 fully saturated rings. The molecule has 0 radical (unpaired) electrons. The Hall–Kier alpha value is -1.93. The fraction of sp³-hybridized carbons (Fsp3) is 0.375. The maximum atomic E-state index is 11.8. The van der Waals surface area contributed by atoms with Crippen LogP contribution in [0.25, 0.3) is 10.6 Å². The number of hydrogen-bond acceptors (Lipinski definition) is 6. The monoisotopic (exact) mass is 366 g/mol. The lowest BCUT2D eigenvalue weighted by Gasteiger charge is -2.11. The SMILES string of the molecule is Cc1csc(-c2ccc(OCC(=O)N[C@H]3CCS(=O)(=O)C3)cc2)n1. The van der Waals surface area contributed by atoms with E-state index in [0.29, 0.717) is 12.2 Å². The first-order chi connectivity index (χ1) is 11.4. The summed E-state index contributed by atoms with van der Waals surface area (Å²) in [5, 5.41) is 5.63. The smallest absolute Gasteiger partial charge is 0.258 e. The molecule has 1 aromatic heterocycles. The Bertz CT molecular complexity index is 828. The molecule has 24 heavy (non-hydrogen) atoms. The largest absolute Gasteiger partial charge is 0.484 e. The molecule has 2 heterocycles. The molecule has 0 spiro atoms. The number of benzene rings is 1. The van der Waals surface area contributed by atoms with Crippen LogP contribution in [0.3, 0.4) is 0 Å². The number of carbonyl (C=O) groups is 1. The molecule has 3 rings (SSSR count). The van der Waals surface area contributed by atoms with Crippen molar-refractivity contribution in [2.75, 3.05) is 18.1 Å². The van der Waals surface area contributed by atoms with Crippen molar-refractivity contribution in [1.82, 2.24) is 10.3 Å². The van der Waals surface area contributed by atoms with Gasteiger partial charge in [0, 0.05) is 22.7 Å². The molecule has 0 bridgehead atoms. The zero-order valence-electron chi connectivity index (χ0n) is 13.2. The van der Waals surface area contributed by atoms with Gasteiger partial charge >= 0.3 is 0 Å². The highest BCUT2D eigenvalue weighted by Gasteiger charge is 2.28. The van der Waals surface area contributed by atoms with E-state index in [9.17, 15) is 13.2 Å². The van der Waals surface area contributed by atoms with Gasteiger partial charge in [0.2, 0.25) is 0 Å². The maximum absolute atomic E-state index is 11.8. The van der Waals surface area contributed by atoms with Gasteiger partial charge < -0.3 is 10.1 Å². The van der Waals surface area contributed by atoms with Gasteiger partial charge in [0.15, 0.2) is 16.4 Å². The van der Waals surface area contributed by atoms with E-state index in [1.165, 1.54) is 0 Å². The molecule has 1 aliphatic rings. The molecule has 1 N–H and O–H groups in total. The van der Waals surface area contributed by atoms with Crippen molar-refractivity contribution in [3.05, 3.63) is 35.3 Å². The number of rotatable bonds is 5.